The Balaban J connectivity index is 1.15. The molecule has 0 amide bonds. The van der Waals surface area contributed by atoms with Crippen LogP contribution in [0, 0.1) is 0 Å². The van der Waals surface area contributed by atoms with Gasteiger partial charge < -0.3 is 4.57 Å². The second-order valence-corrected chi connectivity index (χ2v) is 17.8. The summed E-state index contributed by atoms with van der Waals surface area (Å²) < 4.78 is 5.04. The number of hydrogen-bond donors (Lipinski definition) is 0. The van der Waals surface area contributed by atoms with Crippen LogP contribution in [0.5, 0.6) is 0 Å². The van der Waals surface area contributed by atoms with Gasteiger partial charge in [-0.15, -0.1) is 0 Å². The highest BCUT2D eigenvalue weighted by atomic mass is 15.1. The van der Waals surface area contributed by atoms with Gasteiger partial charge in [-0.1, -0.05) is 153 Å². The molecule has 61 heavy (non-hydrogen) atoms. The summed E-state index contributed by atoms with van der Waals surface area (Å²) in [5.74, 6) is 1.14. The Morgan fingerprint density at radius 1 is 0.508 bits per heavy atom. The quantitative estimate of drug-likeness (QED) is 0.167. The molecule has 13 rings (SSSR count). The van der Waals surface area contributed by atoms with Crippen LogP contribution in [0.2, 0.25) is 0 Å². The standard InChI is InChI=1S/C58H43N3/c1-58(2)49-26-10-8-21-42(49)44-23-14-24-45(56(44)58)46-25-13-19-37-16-6-11-27-50(37)59-57(46)61-52-32-29-36-15-5-7-20-41(36)55(52)47-31-30-40(35-54(47)61)60-51-28-12-9-22-43(51)48-33-38-17-3-4-18-39(38)34-53(48)60/h3-12,14-18,20-24,26-35,46H,13,19,25H2,1-2H3/b59-57+. The van der Waals surface area contributed by atoms with E-state index < -0.39 is 0 Å². The molecular formula is C58H43N3. The van der Waals surface area contributed by atoms with Crippen molar-refractivity contribution in [3.05, 3.63) is 204 Å². The van der Waals surface area contributed by atoms with Gasteiger partial charge in [0.15, 0.2) is 0 Å². The van der Waals surface area contributed by atoms with Crippen molar-refractivity contribution in [2.45, 2.75) is 44.4 Å². The zero-order valence-electron chi connectivity index (χ0n) is 34.4. The average Bonchev–Trinajstić information content (AvgIpc) is 3.88. The minimum absolute atomic E-state index is 0.0467. The molecule has 0 bridgehead atoms. The van der Waals surface area contributed by atoms with E-state index in [2.05, 4.69) is 205 Å². The van der Waals surface area contributed by atoms with Gasteiger partial charge in [0.1, 0.15) is 5.84 Å². The molecule has 0 N–H and O–H groups in total. The van der Waals surface area contributed by atoms with Crippen LogP contribution >= 0.6 is 0 Å². The molecule has 3 heteroatoms. The van der Waals surface area contributed by atoms with Crippen molar-refractivity contribution in [3.63, 3.8) is 0 Å². The smallest absolute Gasteiger partial charge is 0.121 e. The summed E-state index contributed by atoms with van der Waals surface area (Å²) in [6, 6.07) is 68.0. The molecule has 1 aliphatic carbocycles. The first kappa shape index (κ1) is 34.6. The summed E-state index contributed by atoms with van der Waals surface area (Å²) in [5, 5.41) is 10.1. The monoisotopic (exact) mass is 781 g/mol. The molecule has 0 saturated carbocycles. The van der Waals surface area contributed by atoms with Gasteiger partial charge in [0.2, 0.25) is 0 Å². The fourth-order valence-corrected chi connectivity index (χ4v) is 11.4. The number of aromatic nitrogens is 2. The number of benzene rings is 9. The summed E-state index contributed by atoms with van der Waals surface area (Å²) in [4.78, 5) is 5.90. The molecule has 2 aromatic heterocycles. The van der Waals surface area contributed by atoms with Crippen LogP contribution in [0.3, 0.4) is 0 Å². The molecule has 1 aliphatic heterocycles. The van der Waals surface area contributed by atoms with Crippen molar-refractivity contribution in [2.24, 2.45) is 4.99 Å². The fraction of sp³-hybridized carbons (Fsp3) is 0.121. The van der Waals surface area contributed by atoms with Crippen molar-refractivity contribution in [2.75, 3.05) is 0 Å². The molecule has 2 aliphatic rings. The summed E-state index contributed by atoms with van der Waals surface area (Å²) in [5.41, 5.74) is 15.1. The lowest BCUT2D eigenvalue weighted by Crippen LogP contribution is -2.26. The fourth-order valence-electron chi connectivity index (χ4n) is 11.4. The van der Waals surface area contributed by atoms with E-state index in [-0.39, 0.29) is 11.3 Å². The Morgan fingerprint density at radius 2 is 1.23 bits per heavy atom. The van der Waals surface area contributed by atoms with Crippen LogP contribution in [0.25, 0.3) is 82.0 Å². The topological polar surface area (TPSA) is 22.2 Å². The summed E-state index contributed by atoms with van der Waals surface area (Å²) in [7, 11) is 0. The molecular weight excluding hydrogens is 739 g/mol. The van der Waals surface area contributed by atoms with Gasteiger partial charge in [0.25, 0.3) is 0 Å². The Bertz CT molecular complexity index is 3670. The second-order valence-electron chi connectivity index (χ2n) is 17.8. The van der Waals surface area contributed by atoms with Crippen molar-refractivity contribution in [3.8, 4) is 16.8 Å². The minimum Gasteiger partial charge on any atom is -0.309 e. The van der Waals surface area contributed by atoms with Crippen LogP contribution in [0.1, 0.15) is 54.9 Å². The molecule has 290 valence electrons. The molecule has 11 aromatic rings. The summed E-state index contributed by atoms with van der Waals surface area (Å²) >= 11 is 0. The van der Waals surface area contributed by atoms with Gasteiger partial charge in [-0.3, -0.25) is 4.57 Å². The van der Waals surface area contributed by atoms with E-state index in [1.54, 1.807) is 0 Å². The van der Waals surface area contributed by atoms with Crippen molar-refractivity contribution in [1.82, 2.24) is 9.13 Å². The van der Waals surface area contributed by atoms with E-state index in [1.165, 1.54) is 98.5 Å². The van der Waals surface area contributed by atoms with Gasteiger partial charge >= 0.3 is 0 Å². The number of fused-ring (bicyclic) bond motifs is 13. The zero-order chi connectivity index (χ0) is 40.4. The molecule has 3 nitrogen and oxygen atoms in total. The van der Waals surface area contributed by atoms with Crippen molar-refractivity contribution >= 4 is 76.7 Å². The average molecular weight is 782 g/mol. The van der Waals surface area contributed by atoms with Crippen LogP contribution < -0.4 is 0 Å². The maximum Gasteiger partial charge on any atom is 0.121 e. The minimum atomic E-state index is -0.154. The highest BCUT2D eigenvalue weighted by molar-refractivity contribution is 6.25. The normalized spacial score (nSPS) is 16.8. The number of nitrogens with zero attached hydrogens (tertiary/aromatic N) is 3. The first-order chi connectivity index (χ1) is 30.0. The van der Waals surface area contributed by atoms with Gasteiger partial charge in [0, 0.05) is 38.6 Å². The third-order valence-corrected chi connectivity index (χ3v) is 14.1. The molecule has 1 unspecified atom stereocenters. The van der Waals surface area contributed by atoms with Crippen LogP contribution in [-0.4, -0.2) is 15.0 Å². The first-order valence-electron chi connectivity index (χ1n) is 21.8. The largest absolute Gasteiger partial charge is 0.309 e. The molecule has 1 atom stereocenters. The van der Waals surface area contributed by atoms with E-state index >= 15 is 0 Å². The Morgan fingerprint density at radius 3 is 2.13 bits per heavy atom. The number of aliphatic imine (C=N–C) groups is 1. The predicted molar refractivity (Wildman–Crippen MR) is 257 cm³/mol. The third-order valence-electron chi connectivity index (χ3n) is 14.1. The number of aryl methyl sites for hydroxylation is 1. The zero-order valence-corrected chi connectivity index (χ0v) is 34.4. The maximum absolute atomic E-state index is 5.90. The first-order valence-corrected chi connectivity index (χ1v) is 21.8. The number of rotatable bonds is 2. The molecule has 3 heterocycles. The highest BCUT2D eigenvalue weighted by Gasteiger charge is 2.40. The molecule has 0 fully saturated rings. The van der Waals surface area contributed by atoms with Crippen molar-refractivity contribution < 1.29 is 0 Å². The Labute approximate surface area is 354 Å². The summed E-state index contributed by atoms with van der Waals surface area (Å²) in [6.45, 7) is 4.84. The van der Waals surface area contributed by atoms with E-state index in [1.807, 2.05) is 0 Å². The molecule has 0 saturated heterocycles. The van der Waals surface area contributed by atoms with Crippen LogP contribution in [0.4, 0.5) is 5.69 Å². The van der Waals surface area contributed by atoms with Crippen molar-refractivity contribution in [1.29, 1.82) is 0 Å². The van der Waals surface area contributed by atoms with Gasteiger partial charge in [-0.25, -0.2) is 4.99 Å². The van der Waals surface area contributed by atoms with Gasteiger partial charge in [0.05, 0.1) is 27.8 Å². The summed E-state index contributed by atoms with van der Waals surface area (Å²) in [6.07, 6.45) is 3.06. The predicted octanol–water partition coefficient (Wildman–Crippen LogP) is 15.2. The number of para-hydroxylation sites is 2. The Kier molecular flexibility index (Phi) is 7.31. The van der Waals surface area contributed by atoms with Gasteiger partial charge in [-0.2, -0.15) is 0 Å². The maximum atomic E-state index is 5.90. The highest BCUT2D eigenvalue weighted by Crippen LogP contribution is 2.52. The Hall–Kier alpha value is -7.23. The van der Waals surface area contributed by atoms with E-state index in [0.29, 0.717) is 0 Å². The van der Waals surface area contributed by atoms with Crippen LogP contribution in [-0.2, 0) is 11.8 Å². The number of hydrogen-bond acceptors (Lipinski definition) is 1. The SMILES string of the molecule is CC1(C)c2ccccc2-c2cccc(C3CCCc4ccccc4/N=C\3n3c4cc(-n5c6ccccc6c6cc7ccccc7cc65)ccc4c4c5ccccc5ccc43)c21. The second kappa shape index (κ2) is 12.9. The third kappa shape index (κ3) is 4.95. The van der Waals surface area contributed by atoms with E-state index in [9.17, 15) is 0 Å². The molecule has 9 aromatic carbocycles. The van der Waals surface area contributed by atoms with E-state index in [4.69, 9.17) is 4.99 Å². The lowest BCUT2D eigenvalue weighted by atomic mass is 9.76. The lowest BCUT2D eigenvalue weighted by molar-refractivity contribution is 0.626. The van der Waals surface area contributed by atoms with Gasteiger partial charge in [-0.05, 0) is 117 Å². The molecule has 0 spiro atoms. The molecule has 0 radical (unpaired) electrons. The van der Waals surface area contributed by atoms with E-state index in [0.717, 1.165) is 36.5 Å². The lowest BCUT2D eigenvalue weighted by Gasteiger charge is -2.31. The van der Waals surface area contributed by atoms with Crippen LogP contribution in [0.15, 0.2) is 187 Å².